The maximum atomic E-state index is 12.1. The lowest BCUT2D eigenvalue weighted by molar-refractivity contribution is -0.138. The van der Waals surface area contributed by atoms with Gasteiger partial charge in [0.25, 0.3) is 5.91 Å². The average molecular weight is 318 g/mol. The van der Waals surface area contributed by atoms with Crippen LogP contribution >= 0.6 is 11.6 Å². The number of carbonyl (C=O) groups is 2. The Morgan fingerprint density at radius 2 is 2.18 bits per heavy atom. The molecule has 2 aromatic rings. The van der Waals surface area contributed by atoms with Gasteiger partial charge >= 0.3 is 0 Å². The lowest BCUT2D eigenvalue weighted by Crippen LogP contribution is -2.36. The summed E-state index contributed by atoms with van der Waals surface area (Å²) < 4.78 is 5.07. The lowest BCUT2D eigenvalue weighted by atomic mass is 9.89. The molecule has 1 aromatic carbocycles. The van der Waals surface area contributed by atoms with Crippen LogP contribution in [0.5, 0.6) is 0 Å². The van der Waals surface area contributed by atoms with E-state index in [9.17, 15) is 14.7 Å². The van der Waals surface area contributed by atoms with Crippen LogP contribution in [0.25, 0.3) is 6.08 Å². The molecular formula is C16H12ClNO4. The predicted octanol–water partition coefficient (Wildman–Crippen LogP) is 2.75. The first-order valence-electron chi connectivity index (χ1n) is 6.58. The summed E-state index contributed by atoms with van der Waals surface area (Å²) in [7, 11) is 0. The third-order valence-electron chi connectivity index (χ3n) is 3.46. The minimum absolute atomic E-state index is 0.237. The zero-order valence-electron chi connectivity index (χ0n) is 11.4. The van der Waals surface area contributed by atoms with E-state index in [0.717, 1.165) is 0 Å². The second-order valence-corrected chi connectivity index (χ2v) is 5.38. The molecule has 0 spiro atoms. The van der Waals surface area contributed by atoms with Crippen molar-refractivity contribution >= 4 is 35.1 Å². The molecule has 1 aromatic heterocycles. The van der Waals surface area contributed by atoms with Gasteiger partial charge in [-0.2, -0.15) is 0 Å². The van der Waals surface area contributed by atoms with E-state index in [4.69, 9.17) is 16.0 Å². The van der Waals surface area contributed by atoms with Crippen molar-refractivity contribution in [3.63, 3.8) is 0 Å². The Kier molecular flexibility index (Phi) is 3.60. The number of halogens is 1. The first kappa shape index (κ1) is 14.6. The molecule has 0 aliphatic carbocycles. The molecule has 1 aliphatic heterocycles. The Morgan fingerprint density at radius 1 is 1.36 bits per heavy atom. The molecule has 0 saturated carbocycles. The van der Waals surface area contributed by atoms with Crippen LogP contribution in [0, 0.1) is 0 Å². The molecule has 0 fully saturated rings. The molecule has 0 bridgehead atoms. The van der Waals surface area contributed by atoms with Gasteiger partial charge in [0.1, 0.15) is 5.76 Å². The molecular weight excluding hydrogens is 306 g/mol. The fraction of sp³-hybridized carbons (Fsp3) is 0.125. The molecule has 2 heterocycles. The summed E-state index contributed by atoms with van der Waals surface area (Å²) in [6.07, 6.45) is 3.83. The fourth-order valence-corrected chi connectivity index (χ4v) is 2.76. The molecule has 5 nitrogen and oxygen atoms in total. The van der Waals surface area contributed by atoms with Gasteiger partial charge < -0.3 is 14.8 Å². The molecule has 1 atom stereocenters. The minimum Gasteiger partial charge on any atom is -0.465 e. The number of amides is 1. The van der Waals surface area contributed by atoms with Gasteiger partial charge in [0.15, 0.2) is 11.4 Å². The number of nitrogens with one attached hydrogen (secondary N) is 1. The lowest BCUT2D eigenvalue weighted by Gasteiger charge is -2.20. The summed E-state index contributed by atoms with van der Waals surface area (Å²) in [5.74, 6) is -0.563. The number of hydrogen-bond donors (Lipinski definition) is 2. The molecule has 0 radical (unpaired) electrons. The number of allylic oxidation sites excluding steroid dienone is 1. The van der Waals surface area contributed by atoms with Gasteiger partial charge in [0, 0.05) is 16.3 Å². The quantitative estimate of drug-likeness (QED) is 0.850. The van der Waals surface area contributed by atoms with Crippen LogP contribution in [0.2, 0.25) is 5.02 Å². The van der Waals surface area contributed by atoms with E-state index >= 15 is 0 Å². The van der Waals surface area contributed by atoms with E-state index in [-0.39, 0.29) is 10.6 Å². The van der Waals surface area contributed by atoms with E-state index in [0.29, 0.717) is 11.4 Å². The van der Waals surface area contributed by atoms with Gasteiger partial charge in [-0.25, -0.2) is 0 Å². The van der Waals surface area contributed by atoms with Crippen LogP contribution < -0.4 is 5.32 Å². The van der Waals surface area contributed by atoms with Crippen molar-refractivity contribution in [2.75, 3.05) is 5.32 Å². The number of carbonyl (C=O) groups excluding carboxylic acids is 2. The van der Waals surface area contributed by atoms with Crippen molar-refractivity contribution in [3.8, 4) is 0 Å². The van der Waals surface area contributed by atoms with Crippen LogP contribution in [-0.4, -0.2) is 16.8 Å². The number of benzene rings is 1. The largest absolute Gasteiger partial charge is 0.465 e. The van der Waals surface area contributed by atoms with Crippen molar-refractivity contribution in [1.82, 2.24) is 0 Å². The van der Waals surface area contributed by atoms with Gasteiger partial charge in [0.05, 0.1) is 12.7 Å². The Bertz CT molecular complexity index is 766. The molecule has 0 unspecified atom stereocenters. The standard InChI is InChI=1S/C16H12ClNO4/c17-12-4-1-5-13-14(12)16(21,15(20)18-13)9-10(19)6-7-11-3-2-8-22-11/h1-8,21H,9H2,(H,18,20)/b7-6+/t16-/m0/s1. The van der Waals surface area contributed by atoms with Gasteiger partial charge in [-0.3, -0.25) is 9.59 Å². The summed E-state index contributed by atoms with van der Waals surface area (Å²) in [5.41, 5.74) is -1.30. The van der Waals surface area contributed by atoms with Gasteiger partial charge in [-0.15, -0.1) is 0 Å². The highest BCUT2D eigenvalue weighted by atomic mass is 35.5. The third kappa shape index (κ3) is 2.45. The van der Waals surface area contributed by atoms with E-state index in [1.165, 1.54) is 18.4 Å². The van der Waals surface area contributed by atoms with Crippen LogP contribution in [0.4, 0.5) is 5.69 Å². The Labute approximate surface area is 131 Å². The number of anilines is 1. The summed E-state index contributed by atoms with van der Waals surface area (Å²) in [4.78, 5) is 24.1. The highest BCUT2D eigenvalue weighted by molar-refractivity contribution is 6.33. The Morgan fingerprint density at radius 3 is 2.91 bits per heavy atom. The minimum atomic E-state index is -1.96. The predicted molar refractivity (Wildman–Crippen MR) is 81.3 cm³/mol. The monoisotopic (exact) mass is 317 g/mol. The Hall–Kier alpha value is -2.37. The van der Waals surface area contributed by atoms with Crippen LogP contribution in [-0.2, 0) is 15.2 Å². The topological polar surface area (TPSA) is 79.5 Å². The molecule has 112 valence electrons. The average Bonchev–Trinajstić information content (AvgIpc) is 3.05. The van der Waals surface area contributed by atoms with E-state index < -0.39 is 23.7 Å². The first-order valence-corrected chi connectivity index (χ1v) is 6.96. The number of aliphatic hydroxyl groups is 1. The number of ketones is 1. The third-order valence-corrected chi connectivity index (χ3v) is 3.77. The highest BCUT2D eigenvalue weighted by Gasteiger charge is 2.47. The highest BCUT2D eigenvalue weighted by Crippen LogP contribution is 2.42. The summed E-state index contributed by atoms with van der Waals surface area (Å²) in [6.45, 7) is 0. The summed E-state index contributed by atoms with van der Waals surface area (Å²) >= 11 is 6.06. The SMILES string of the molecule is O=C(/C=C/c1ccco1)C[C@@]1(O)C(=O)Nc2cccc(Cl)c21. The first-order chi connectivity index (χ1) is 10.5. The summed E-state index contributed by atoms with van der Waals surface area (Å²) in [5, 5.41) is 13.4. The molecule has 0 saturated heterocycles. The van der Waals surface area contributed by atoms with Crippen molar-refractivity contribution in [2.24, 2.45) is 0 Å². The zero-order chi connectivity index (χ0) is 15.7. The van der Waals surface area contributed by atoms with Crippen LogP contribution in [0.3, 0.4) is 0 Å². The van der Waals surface area contributed by atoms with Crippen molar-refractivity contribution < 1.29 is 19.1 Å². The Balaban J connectivity index is 1.86. The van der Waals surface area contributed by atoms with E-state index in [1.54, 1.807) is 30.3 Å². The second kappa shape index (κ2) is 5.44. The van der Waals surface area contributed by atoms with Gasteiger partial charge in [-0.05, 0) is 36.4 Å². The van der Waals surface area contributed by atoms with Crippen LogP contribution in [0.1, 0.15) is 17.7 Å². The molecule has 2 N–H and O–H groups in total. The van der Waals surface area contributed by atoms with Crippen LogP contribution in [0.15, 0.2) is 47.1 Å². The zero-order valence-corrected chi connectivity index (χ0v) is 12.1. The van der Waals surface area contributed by atoms with Crippen molar-refractivity contribution in [3.05, 3.63) is 59.0 Å². The van der Waals surface area contributed by atoms with Crippen molar-refractivity contribution in [2.45, 2.75) is 12.0 Å². The normalized spacial score (nSPS) is 20.2. The van der Waals surface area contributed by atoms with E-state index in [1.807, 2.05) is 0 Å². The van der Waals surface area contributed by atoms with Gasteiger partial charge in [0.2, 0.25) is 0 Å². The maximum Gasteiger partial charge on any atom is 0.261 e. The molecule has 1 aliphatic rings. The smallest absolute Gasteiger partial charge is 0.261 e. The molecule has 22 heavy (non-hydrogen) atoms. The number of fused-ring (bicyclic) bond motifs is 1. The number of hydrogen-bond acceptors (Lipinski definition) is 4. The molecule has 3 rings (SSSR count). The number of rotatable bonds is 4. The van der Waals surface area contributed by atoms with Gasteiger partial charge in [-0.1, -0.05) is 17.7 Å². The van der Waals surface area contributed by atoms with E-state index in [2.05, 4.69) is 5.32 Å². The van der Waals surface area contributed by atoms with Crippen molar-refractivity contribution in [1.29, 1.82) is 0 Å². The summed E-state index contributed by atoms with van der Waals surface area (Å²) in [6, 6.07) is 8.23. The maximum absolute atomic E-state index is 12.1. The molecule has 6 heteroatoms. The fourth-order valence-electron chi connectivity index (χ4n) is 2.43. The second-order valence-electron chi connectivity index (χ2n) is 4.97. The molecule has 1 amide bonds. The number of furan rings is 1.